The van der Waals surface area contributed by atoms with Crippen LogP contribution in [0.25, 0.3) is 0 Å². The predicted molar refractivity (Wildman–Crippen MR) is 80.9 cm³/mol. The minimum absolute atomic E-state index is 0.0386. The van der Waals surface area contributed by atoms with E-state index < -0.39 is 0 Å². The molecule has 0 saturated heterocycles. The molecule has 0 aliphatic carbocycles. The van der Waals surface area contributed by atoms with Crippen molar-refractivity contribution < 1.29 is 9.59 Å². The number of hydrogen-bond acceptors (Lipinski definition) is 2. The molecular formula is C15H11BrN2O2. The first kappa shape index (κ1) is 12.9. The Kier molecular flexibility index (Phi) is 3.28. The van der Waals surface area contributed by atoms with E-state index in [0.29, 0.717) is 17.7 Å². The number of rotatable bonds is 2. The van der Waals surface area contributed by atoms with E-state index in [1.54, 1.807) is 12.1 Å². The van der Waals surface area contributed by atoms with Gasteiger partial charge in [0.2, 0.25) is 5.91 Å². The van der Waals surface area contributed by atoms with Crippen LogP contribution in [-0.2, 0) is 11.2 Å². The van der Waals surface area contributed by atoms with E-state index >= 15 is 0 Å². The third kappa shape index (κ3) is 2.44. The zero-order valence-electron chi connectivity index (χ0n) is 10.4. The van der Waals surface area contributed by atoms with Crippen LogP contribution in [0.15, 0.2) is 46.9 Å². The van der Waals surface area contributed by atoms with Gasteiger partial charge >= 0.3 is 0 Å². The second kappa shape index (κ2) is 5.09. The molecule has 0 radical (unpaired) electrons. The molecule has 20 heavy (non-hydrogen) atoms. The van der Waals surface area contributed by atoms with Gasteiger partial charge in [0.1, 0.15) is 0 Å². The molecular weight excluding hydrogens is 320 g/mol. The topological polar surface area (TPSA) is 58.2 Å². The van der Waals surface area contributed by atoms with Crippen molar-refractivity contribution in [2.75, 3.05) is 10.6 Å². The maximum Gasteiger partial charge on any atom is 0.255 e. The third-order valence-corrected chi connectivity index (χ3v) is 3.81. The van der Waals surface area contributed by atoms with Gasteiger partial charge in [0.25, 0.3) is 5.91 Å². The fourth-order valence-corrected chi connectivity index (χ4v) is 2.50. The van der Waals surface area contributed by atoms with Crippen molar-refractivity contribution in [1.29, 1.82) is 0 Å². The summed E-state index contributed by atoms with van der Waals surface area (Å²) in [4.78, 5) is 23.5. The molecule has 0 unspecified atom stereocenters. The minimum atomic E-state index is -0.208. The van der Waals surface area contributed by atoms with Crippen molar-refractivity contribution in [2.24, 2.45) is 0 Å². The number of halogens is 1. The van der Waals surface area contributed by atoms with E-state index in [2.05, 4.69) is 26.6 Å². The summed E-state index contributed by atoms with van der Waals surface area (Å²) in [5, 5.41) is 5.57. The number of para-hydroxylation sites is 1. The predicted octanol–water partition coefficient (Wildman–Crippen LogP) is 3.20. The molecule has 1 heterocycles. The molecule has 100 valence electrons. The second-order valence-corrected chi connectivity index (χ2v) is 5.39. The number of nitrogens with one attached hydrogen (secondary N) is 2. The quantitative estimate of drug-likeness (QED) is 0.888. The Morgan fingerprint density at radius 2 is 2.00 bits per heavy atom. The fraction of sp³-hybridized carbons (Fsp3) is 0.0667. The normalized spacial score (nSPS) is 12.8. The van der Waals surface area contributed by atoms with Crippen LogP contribution >= 0.6 is 15.9 Å². The van der Waals surface area contributed by atoms with Crippen LogP contribution in [0.4, 0.5) is 11.4 Å². The summed E-state index contributed by atoms with van der Waals surface area (Å²) in [6.45, 7) is 0. The molecule has 0 saturated carbocycles. The molecule has 3 rings (SSSR count). The SMILES string of the molecule is O=C1Cc2ccc(C(=O)Nc3ccccc3Br)cc2N1. The largest absolute Gasteiger partial charge is 0.326 e. The summed E-state index contributed by atoms with van der Waals surface area (Å²) in [6, 6.07) is 12.6. The van der Waals surface area contributed by atoms with Crippen LogP contribution in [0.1, 0.15) is 15.9 Å². The van der Waals surface area contributed by atoms with E-state index in [1.165, 1.54) is 0 Å². The van der Waals surface area contributed by atoms with Crippen molar-refractivity contribution in [3.8, 4) is 0 Å². The molecule has 2 aromatic rings. The van der Waals surface area contributed by atoms with Gasteiger partial charge in [-0.1, -0.05) is 18.2 Å². The van der Waals surface area contributed by atoms with Crippen molar-refractivity contribution in [1.82, 2.24) is 0 Å². The zero-order chi connectivity index (χ0) is 14.1. The molecule has 2 aromatic carbocycles. The number of hydrogen-bond donors (Lipinski definition) is 2. The first-order valence-corrected chi connectivity index (χ1v) is 6.91. The summed E-state index contributed by atoms with van der Waals surface area (Å²) in [6.07, 6.45) is 0.376. The van der Waals surface area contributed by atoms with Gasteiger partial charge in [-0.2, -0.15) is 0 Å². The number of carbonyl (C=O) groups excluding carboxylic acids is 2. The van der Waals surface area contributed by atoms with E-state index in [0.717, 1.165) is 15.7 Å². The smallest absolute Gasteiger partial charge is 0.255 e. The van der Waals surface area contributed by atoms with Gasteiger partial charge in [0.05, 0.1) is 12.1 Å². The van der Waals surface area contributed by atoms with Crippen LogP contribution in [0.2, 0.25) is 0 Å². The van der Waals surface area contributed by atoms with Gasteiger partial charge < -0.3 is 10.6 Å². The molecule has 0 fully saturated rings. The lowest BCUT2D eigenvalue weighted by Gasteiger charge is -2.08. The van der Waals surface area contributed by atoms with Gasteiger partial charge in [-0.25, -0.2) is 0 Å². The van der Waals surface area contributed by atoms with Gasteiger partial charge in [-0.05, 0) is 45.8 Å². The number of benzene rings is 2. The van der Waals surface area contributed by atoms with E-state index in [1.807, 2.05) is 30.3 Å². The molecule has 0 spiro atoms. The van der Waals surface area contributed by atoms with Crippen molar-refractivity contribution in [3.05, 3.63) is 58.1 Å². The minimum Gasteiger partial charge on any atom is -0.326 e. The number of fused-ring (bicyclic) bond motifs is 1. The van der Waals surface area contributed by atoms with Gasteiger partial charge in [0, 0.05) is 15.7 Å². The second-order valence-electron chi connectivity index (χ2n) is 4.53. The lowest BCUT2D eigenvalue weighted by molar-refractivity contribution is -0.115. The van der Waals surface area contributed by atoms with Gasteiger partial charge in [-0.3, -0.25) is 9.59 Å². The Balaban J connectivity index is 1.84. The summed E-state index contributed by atoms with van der Waals surface area (Å²) in [5.41, 5.74) is 2.87. The van der Waals surface area contributed by atoms with Crippen LogP contribution in [0, 0.1) is 0 Å². The summed E-state index contributed by atoms with van der Waals surface area (Å²) in [7, 11) is 0. The zero-order valence-corrected chi connectivity index (χ0v) is 12.0. The maximum absolute atomic E-state index is 12.2. The Hall–Kier alpha value is -2.14. The Morgan fingerprint density at radius 1 is 1.20 bits per heavy atom. The number of anilines is 2. The summed E-state index contributed by atoms with van der Waals surface area (Å²) in [5.74, 6) is -0.246. The molecule has 1 aliphatic heterocycles. The highest BCUT2D eigenvalue weighted by molar-refractivity contribution is 9.10. The number of carbonyl (C=O) groups is 2. The monoisotopic (exact) mass is 330 g/mol. The molecule has 4 nitrogen and oxygen atoms in total. The number of amides is 2. The van der Waals surface area contributed by atoms with E-state index in [4.69, 9.17) is 0 Å². The van der Waals surface area contributed by atoms with Crippen LogP contribution in [0.3, 0.4) is 0 Å². The van der Waals surface area contributed by atoms with Gasteiger partial charge in [0.15, 0.2) is 0 Å². The van der Waals surface area contributed by atoms with E-state index in [-0.39, 0.29) is 11.8 Å². The highest BCUT2D eigenvalue weighted by atomic mass is 79.9. The van der Waals surface area contributed by atoms with Gasteiger partial charge in [-0.15, -0.1) is 0 Å². The lowest BCUT2D eigenvalue weighted by Crippen LogP contribution is -2.12. The first-order valence-electron chi connectivity index (χ1n) is 6.12. The molecule has 2 N–H and O–H groups in total. The average molecular weight is 331 g/mol. The summed E-state index contributed by atoms with van der Waals surface area (Å²) >= 11 is 3.38. The standard InChI is InChI=1S/C15H11BrN2O2/c16-11-3-1-2-4-12(11)18-15(20)10-6-5-9-8-14(19)17-13(9)7-10/h1-7H,8H2,(H,17,19)(H,18,20). The highest BCUT2D eigenvalue weighted by Crippen LogP contribution is 2.26. The van der Waals surface area contributed by atoms with E-state index in [9.17, 15) is 9.59 Å². The molecule has 0 bridgehead atoms. The van der Waals surface area contributed by atoms with Crippen LogP contribution in [-0.4, -0.2) is 11.8 Å². The molecule has 0 atom stereocenters. The third-order valence-electron chi connectivity index (χ3n) is 3.12. The van der Waals surface area contributed by atoms with Crippen molar-refractivity contribution in [3.63, 3.8) is 0 Å². The molecule has 1 aliphatic rings. The first-order chi connectivity index (χ1) is 9.63. The molecule has 0 aromatic heterocycles. The molecule has 5 heteroatoms. The maximum atomic E-state index is 12.2. The highest BCUT2D eigenvalue weighted by Gasteiger charge is 2.19. The van der Waals surface area contributed by atoms with Crippen molar-refractivity contribution >= 4 is 39.1 Å². The van der Waals surface area contributed by atoms with Crippen molar-refractivity contribution in [2.45, 2.75) is 6.42 Å². The average Bonchev–Trinajstić information content (AvgIpc) is 2.80. The van der Waals surface area contributed by atoms with Crippen LogP contribution in [0.5, 0.6) is 0 Å². The Morgan fingerprint density at radius 3 is 2.80 bits per heavy atom. The fourth-order valence-electron chi connectivity index (χ4n) is 2.11. The Labute approximate surface area is 124 Å². The van der Waals surface area contributed by atoms with Crippen LogP contribution < -0.4 is 10.6 Å². The molecule has 2 amide bonds. The lowest BCUT2D eigenvalue weighted by atomic mass is 10.1. The summed E-state index contributed by atoms with van der Waals surface area (Å²) < 4.78 is 0.822. The Bertz CT molecular complexity index is 713.